The average molecular weight is 467 g/mol. The van der Waals surface area contributed by atoms with Gasteiger partial charge in [-0.2, -0.15) is 5.10 Å². The molecule has 0 aliphatic carbocycles. The van der Waals surface area contributed by atoms with Crippen LogP contribution in [0, 0.1) is 0 Å². The largest absolute Gasteiger partial charge is 0.322 e. The van der Waals surface area contributed by atoms with Gasteiger partial charge >= 0.3 is 0 Å². The predicted molar refractivity (Wildman–Crippen MR) is 126 cm³/mol. The molecule has 0 saturated heterocycles. The number of hydrogen-bond donors (Lipinski definition) is 1. The lowest BCUT2D eigenvalue weighted by Gasteiger charge is -2.12. The molecule has 32 heavy (non-hydrogen) atoms. The van der Waals surface area contributed by atoms with Crippen molar-refractivity contribution in [1.82, 2.24) is 14.1 Å². The summed E-state index contributed by atoms with van der Waals surface area (Å²) in [6.45, 7) is 0.545. The van der Waals surface area contributed by atoms with Crippen molar-refractivity contribution in [2.45, 2.75) is 11.4 Å². The lowest BCUT2D eigenvalue weighted by Crippen LogP contribution is -2.22. The highest BCUT2D eigenvalue weighted by molar-refractivity contribution is 7.89. The molecule has 4 rings (SSSR count). The summed E-state index contributed by atoms with van der Waals surface area (Å²) in [5.41, 5.74) is 2.65. The number of thiophene rings is 1. The van der Waals surface area contributed by atoms with Gasteiger partial charge in [-0.15, -0.1) is 11.3 Å². The highest BCUT2D eigenvalue weighted by Crippen LogP contribution is 2.28. The van der Waals surface area contributed by atoms with Gasteiger partial charge in [-0.3, -0.25) is 9.48 Å². The third kappa shape index (κ3) is 4.64. The summed E-state index contributed by atoms with van der Waals surface area (Å²) in [5, 5.41) is 9.45. The van der Waals surface area contributed by atoms with Crippen LogP contribution in [-0.4, -0.2) is 42.5 Å². The highest BCUT2D eigenvalue weighted by Gasteiger charge is 2.20. The van der Waals surface area contributed by atoms with Crippen LogP contribution in [0.3, 0.4) is 0 Å². The Hall–Kier alpha value is -3.27. The molecule has 164 valence electrons. The van der Waals surface area contributed by atoms with E-state index in [0.29, 0.717) is 23.5 Å². The molecular weight excluding hydrogens is 444 g/mol. The van der Waals surface area contributed by atoms with Crippen molar-refractivity contribution >= 4 is 33.0 Å². The van der Waals surface area contributed by atoms with E-state index in [2.05, 4.69) is 10.4 Å². The quantitative estimate of drug-likeness (QED) is 0.443. The van der Waals surface area contributed by atoms with Crippen molar-refractivity contribution in [1.29, 1.82) is 0 Å². The SMILES string of the molecule is CN(C)S(=O)(=O)c1ccc(NC(=O)c2cn(Cc3ccccc3)nc2-c2cccs2)cc1. The van der Waals surface area contributed by atoms with Crippen molar-refractivity contribution in [3.63, 3.8) is 0 Å². The van der Waals surface area contributed by atoms with Crippen molar-refractivity contribution in [3.05, 3.63) is 89.4 Å². The number of rotatable bonds is 7. The molecule has 0 bridgehead atoms. The van der Waals surface area contributed by atoms with Crippen LogP contribution in [-0.2, 0) is 16.6 Å². The van der Waals surface area contributed by atoms with Gasteiger partial charge in [-0.1, -0.05) is 36.4 Å². The number of hydrogen-bond acceptors (Lipinski definition) is 5. The molecule has 0 radical (unpaired) electrons. The summed E-state index contributed by atoms with van der Waals surface area (Å²) in [5.74, 6) is -0.309. The molecule has 0 spiro atoms. The van der Waals surface area contributed by atoms with Crippen LogP contribution in [0.1, 0.15) is 15.9 Å². The number of amides is 1. The molecule has 0 aliphatic rings. The summed E-state index contributed by atoms with van der Waals surface area (Å²) in [6.07, 6.45) is 1.74. The predicted octanol–water partition coefficient (Wildman–Crippen LogP) is 4.16. The van der Waals surface area contributed by atoms with Gasteiger partial charge in [-0.05, 0) is 41.3 Å². The van der Waals surface area contributed by atoms with Crippen LogP contribution in [0.4, 0.5) is 5.69 Å². The minimum atomic E-state index is -3.53. The minimum Gasteiger partial charge on any atom is -0.322 e. The Morgan fingerprint density at radius 3 is 2.38 bits per heavy atom. The molecule has 7 nitrogen and oxygen atoms in total. The fourth-order valence-corrected chi connectivity index (χ4v) is 4.78. The Bertz CT molecular complexity index is 1310. The number of aromatic nitrogens is 2. The van der Waals surface area contributed by atoms with E-state index in [1.54, 1.807) is 23.0 Å². The monoisotopic (exact) mass is 466 g/mol. The van der Waals surface area contributed by atoms with Crippen molar-refractivity contribution < 1.29 is 13.2 Å². The summed E-state index contributed by atoms with van der Waals surface area (Å²) in [7, 11) is -0.576. The molecule has 1 amide bonds. The Labute approximate surface area is 191 Å². The summed E-state index contributed by atoms with van der Waals surface area (Å²) in [4.78, 5) is 14.2. The number of benzene rings is 2. The molecule has 0 aliphatic heterocycles. The molecule has 9 heteroatoms. The molecule has 0 atom stereocenters. The second kappa shape index (κ2) is 9.07. The first-order chi connectivity index (χ1) is 15.3. The molecule has 2 aromatic heterocycles. The first-order valence-corrected chi connectivity index (χ1v) is 12.2. The zero-order chi connectivity index (χ0) is 22.7. The highest BCUT2D eigenvalue weighted by atomic mass is 32.2. The Morgan fingerprint density at radius 1 is 1.03 bits per heavy atom. The van der Waals surface area contributed by atoms with Crippen LogP contribution in [0.2, 0.25) is 0 Å². The third-order valence-electron chi connectivity index (χ3n) is 4.84. The molecule has 1 N–H and O–H groups in total. The van der Waals surface area contributed by atoms with Gasteiger partial charge in [0.2, 0.25) is 10.0 Å². The summed E-state index contributed by atoms with van der Waals surface area (Å²) in [6, 6.07) is 19.9. The number of sulfonamides is 1. The lowest BCUT2D eigenvalue weighted by atomic mass is 10.2. The van der Waals surface area contributed by atoms with Crippen LogP contribution in [0.15, 0.2) is 83.2 Å². The maximum Gasteiger partial charge on any atom is 0.259 e. The van der Waals surface area contributed by atoms with Gasteiger partial charge in [0.1, 0.15) is 5.69 Å². The molecule has 0 fully saturated rings. The minimum absolute atomic E-state index is 0.162. The van der Waals surface area contributed by atoms with Crippen molar-refractivity contribution in [2.24, 2.45) is 0 Å². The number of carbonyl (C=O) groups excluding carboxylic acids is 1. The van der Waals surface area contributed by atoms with Gasteiger partial charge in [0.15, 0.2) is 0 Å². The average Bonchev–Trinajstić information content (AvgIpc) is 3.45. The van der Waals surface area contributed by atoms with Crippen LogP contribution in [0.25, 0.3) is 10.6 Å². The normalized spacial score (nSPS) is 11.6. The van der Waals surface area contributed by atoms with E-state index in [1.165, 1.54) is 37.6 Å². The third-order valence-corrected chi connectivity index (χ3v) is 7.54. The fourth-order valence-electron chi connectivity index (χ4n) is 3.15. The molecule has 4 aromatic rings. The van der Waals surface area contributed by atoms with Crippen LogP contribution >= 0.6 is 11.3 Å². The van der Waals surface area contributed by atoms with E-state index in [1.807, 2.05) is 47.8 Å². The molecular formula is C23H22N4O3S2. The van der Waals surface area contributed by atoms with E-state index in [9.17, 15) is 13.2 Å². The Balaban J connectivity index is 1.60. The Kier molecular flexibility index (Phi) is 6.22. The Morgan fingerprint density at radius 2 is 1.75 bits per heavy atom. The van der Waals surface area contributed by atoms with Gasteiger partial charge in [0, 0.05) is 26.0 Å². The lowest BCUT2D eigenvalue weighted by molar-refractivity contribution is 0.102. The number of nitrogens with one attached hydrogen (secondary N) is 1. The second-order valence-corrected chi connectivity index (χ2v) is 10.4. The maximum atomic E-state index is 13.1. The van der Waals surface area contributed by atoms with Gasteiger partial charge in [0.05, 0.1) is 21.9 Å². The van der Waals surface area contributed by atoms with E-state index >= 15 is 0 Å². The number of anilines is 1. The van der Waals surface area contributed by atoms with Gasteiger partial charge in [0.25, 0.3) is 5.91 Å². The van der Waals surface area contributed by atoms with Crippen LogP contribution < -0.4 is 5.32 Å². The van der Waals surface area contributed by atoms with E-state index in [4.69, 9.17) is 0 Å². The molecule has 2 heterocycles. The maximum absolute atomic E-state index is 13.1. The number of carbonyl (C=O) groups is 1. The first-order valence-electron chi connectivity index (χ1n) is 9.84. The smallest absolute Gasteiger partial charge is 0.259 e. The number of nitrogens with zero attached hydrogens (tertiary/aromatic N) is 3. The van der Waals surface area contributed by atoms with Crippen molar-refractivity contribution in [2.75, 3.05) is 19.4 Å². The molecule has 2 aromatic carbocycles. The topological polar surface area (TPSA) is 84.3 Å². The standard InChI is InChI=1S/C23H22N4O3S2/c1-26(2)32(29,30)19-12-10-18(11-13-19)24-23(28)20-16-27(15-17-7-4-3-5-8-17)25-22(20)21-9-6-14-31-21/h3-14,16H,15H2,1-2H3,(H,24,28). The zero-order valence-corrected chi connectivity index (χ0v) is 19.2. The molecule has 0 saturated carbocycles. The molecule has 0 unspecified atom stereocenters. The zero-order valence-electron chi connectivity index (χ0n) is 17.6. The van der Waals surface area contributed by atoms with E-state index in [-0.39, 0.29) is 10.8 Å². The summed E-state index contributed by atoms with van der Waals surface area (Å²) >= 11 is 1.51. The van der Waals surface area contributed by atoms with E-state index < -0.39 is 10.0 Å². The van der Waals surface area contributed by atoms with E-state index in [0.717, 1.165) is 14.7 Å². The van der Waals surface area contributed by atoms with Crippen LogP contribution in [0.5, 0.6) is 0 Å². The fraction of sp³-hybridized carbons (Fsp3) is 0.130. The van der Waals surface area contributed by atoms with Crippen molar-refractivity contribution in [3.8, 4) is 10.6 Å². The van der Waals surface area contributed by atoms with Gasteiger partial charge < -0.3 is 5.32 Å². The summed E-state index contributed by atoms with van der Waals surface area (Å²) < 4.78 is 27.4. The first kappa shape index (κ1) is 21.9. The van der Waals surface area contributed by atoms with Gasteiger partial charge in [-0.25, -0.2) is 12.7 Å². The second-order valence-electron chi connectivity index (χ2n) is 7.32.